The zero-order valence-corrected chi connectivity index (χ0v) is 21.5. The van der Waals surface area contributed by atoms with E-state index in [4.69, 9.17) is 9.47 Å². The van der Waals surface area contributed by atoms with E-state index in [1.807, 2.05) is 42.5 Å². The van der Waals surface area contributed by atoms with Crippen LogP contribution in [0.25, 0.3) is 18.2 Å². The van der Waals surface area contributed by atoms with Gasteiger partial charge in [-0.3, -0.25) is 9.59 Å². The standard InChI is InChI=1S/C32H32O6/c1-37-31-18-14-25(20-32(31)38-2)13-17-30(36)28(10-6-9-23-7-4-3-5-8-23)29(35)16-12-24-11-15-26(21-33)27(19-24)22-34/h3-9,11-20,28,33-34H,10,21-22H2,1-2H3/b9-6?,16-12+,17-13+. The molecule has 3 aromatic rings. The van der Waals surface area contributed by atoms with E-state index < -0.39 is 5.92 Å². The van der Waals surface area contributed by atoms with E-state index in [1.165, 1.54) is 19.3 Å². The summed E-state index contributed by atoms with van der Waals surface area (Å²) in [5.74, 6) is -0.438. The maximum absolute atomic E-state index is 13.2. The highest BCUT2D eigenvalue weighted by Crippen LogP contribution is 2.28. The first-order chi connectivity index (χ1) is 18.5. The van der Waals surface area contributed by atoms with Crippen LogP contribution in [-0.4, -0.2) is 36.0 Å². The molecular weight excluding hydrogens is 480 g/mol. The number of allylic oxidation sites excluding steroid dienone is 3. The fourth-order valence-corrected chi connectivity index (χ4v) is 3.87. The maximum Gasteiger partial charge on any atom is 0.166 e. The van der Waals surface area contributed by atoms with Crippen molar-refractivity contribution in [3.8, 4) is 11.5 Å². The number of carbonyl (C=O) groups excluding carboxylic acids is 2. The fraction of sp³-hybridized carbons (Fsp3) is 0.188. The first-order valence-corrected chi connectivity index (χ1v) is 12.2. The Morgan fingerprint density at radius 1 is 0.711 bits per heavy atom. The molecule has 0 radical (unpaired) electrons. The van der Waals surface area contributed by atoms with Crippen LogP contribution >= 0.6 is 0 Å². The molecule has 196 valence electrons. The van der Waals surface area contributed by atoms with E-state index >= 15 is 0 Å². The SMILES string of the molecule is COc1ccc(/C=C/C(=O)C(CC=Cc2ccccc2)C(=O)/C=C/c2ccc(CO)c(CO)c2)cc1OC. The average Bonchev–Trinajstić information content (AvgIpc) is 2.96. The fourth-order valence-electron chi connectivity index (χ4n) is 3.87. The first kappa shape index (κ1) is 28.3. The van der Waals surface area contributed by atoms with E-state index in [-0.39, 0.29) is 31.2 Å². The molecule has 1 atom stereocenters. The Hall–Kier alpha value is -4.26. The third-order valence-electron chi connectivity index (χ3n) is 6.03. The van der Waals surface area contributed by atoms with E-state index in [0.29, 0.717) is 28.2 Å². The van der Waals surface area contributed by atoms with Crippen molar-refractivity contribution in [1.82, 2.24) is 0 Å². The molecule has 0 aromatic heterocycles. The molecule has 3 aromatic carbocycles. The van der Waals surface area contributed by atoms with Crippen molar-refractivity contribution in [3.63, 3.8) is 0 Å². The van der Waals surface area contributed by atoms with Gasteiger partial charge in [0.1, 0.15) is 0 Å². The molecule has 6 nitrogen and oxygen atoms in total. The number of methoxy groups -OCH3 is 2. The number of rotatable bonds is 13. The van der Waals surface area contributed by atoms with Crippen molar-refractivity contribution in [3.05, 3.63) is 113 Å². The van der Waals surface area contributed by atoms with Crippen LogP contribution in [0.4, 0.5) is 0 Å². The largest absolute Gasteiger partial charge is 0.493 e. The summed E-state index contributed by atoms with van der Waals surface area (Å²) >= 11 is 0. The van der Waals surface area contributed by atoms with E-state index in [9.17, 15) is 19.8 Å². The van der Waals surface area contributed by atoms with E-state index in [0.717, 1.165) is 11.1 Å². The van der Waals surface area contributed by atoms with Crippen LogP contribution in [-0.2, 0) is 22.8 Å². The highest BCUT2D eigenvalue weighted by Gasteiger charge is 2.21. The van der Waals surface area contributed by atoms with Crippen LogP contribution in [0, 0.1) is 5.92 Å². The molecule has 0 aliphatic heterocycles. The zero-order chi connectivity index (χ0) is 27.3. The molecular formula is C32H32O6. The molecule has 0 fully saturated rings. The Bertz CT molecular complexity index is 1240. The van der Waals surface area contributed by atoms with Crippen LogP contribution in [0.3, 0.4) is 0 Å². The van der Waals surface area contributed by atoms with Gasteiger partial charge in [-0.05, 0) is 64.6 Å². The topological polar surface area (TPSA) is 93.1 Å². The molecule has 0 saturated heterocycles. The molecule has 0 saturated carbocycles. The molecule has 0 amide bonds. The molecule has 38 heavy (non-hydrogen) atoms. The lowest BCUT2D eigenvalue weighted by Crippen LogP contribution is -2.20. The minimum absolute atomic E-state index is 0.185. The highest BCUT2D eigenvalue weighted by molar-refractivity contribution is 6.13. The van der Waals surface area contributed by atoms with Crippen molar-refractivity contribution >= 4 is 29.8 Å². The minimum Gasteiger partial charge on any atom is -0.493 e. The zero-order valence-electron chi connectivity index (χ0n) is 21.5. The summed E-state index contributed by atoms with van der Waals surface area (Å²) in [5.41, 5.74) is 3.60. The number of carbonyl (C=O) groups is 2. The lowest BCUT2D eigenvalue weighted by atomic mass is 9.93. The molecule has 6 heteroatoms. The van der Waals surface area contributed by atoms with Gasteiger partial charge in [0.2, 0.25) is 0 Å². The Labute approximate surface area is 223 Å². The number of hydrogen-bond acceptors (Lipinski definition) is 6. The summed E-state index contributed by atoms with van der Waals surface area (Å²) in [7, 11) is 3.09. The predicted octanol–water partition coefficient (Wildman–Crippen LogP) is 5.27. The van der Waals surface area contributed by atoms with Crippen LogP contribution in [0.15, 0.2) is 85.0 Å². The number of aliphatic hydroxyl groups is 2. The quantitative estimate of drug-likeness (QED) is 0.239. The van der Waals surface area contributed by atoms with Crippen molar-refractivity contribution < 1.29 is 29.3 Å². The third kappa shape index (κ3) is 7.87. The number of ketones is 2. The average molecular weight is 513 g/mol. The van der Waals surface area contributed by atoms with Crippen molar-refractivity contribution in [2.45, 2.75) is 19.6 Å². The summed E-state index contributed by atoms with van der Waals surface area (Å²) in [6, 6.07) is 20.1. The smallest absolute Gasteiger partial charge is 0.166 e. The van der Waals surface area contributed by atoms with E-state index in [1.54, 1.807) is 55.7 Å². The summed E-state index contributed by atoms with van der Waals surface area (Å²) < 4.78 is 10.6. The van der Waals surface area contributed by atoms with Gasteiger partial charge in [0, 0.05) is 0 Å². The maximum atomic E-state index is 13.2. The second-order valence-electron chi connectivity index (χ2n) is 8.53. The van der Waals surface area contributed by atoms with Crippen molar-refractivity contribution in [2.24, 2.45) is 5.92 Å². The Kier molecular flexibility index (Phi) is 10.8. The molecule has 0 aliphatic carbocycles. The molecule has 0 bridgehead atoms. The van der Waals surface area contributed by atoms with Gasteiger partial charge < -0.3 is 19.7 Å². The Balaban J connectivity index is 1.82. The van der Waals surface area contributed by atoms with Gasteiger partial charge >= 0.3 is 0 Å². The van der Waals surface area contributed by atoms with Gasteiger partial charge in [-0.1, -0.05) is 72.8 Å². The molecule has 0 heterocycles. The number of ether oxygens (including phenoxy) is 2. The number of hydrogen-bond donors (Lipinski definition) is 2. The highest BCUT2D eigenvalue weighted by atomic mass is 16.5. The van der Waals surface area contributed by atoms with E-state index in [2.05, 4.69) is 0 Å². The third-order valence-corrected chi connectivity index (χ3v) is 6.03. The first-order valence-electron chi connectivity index (χ1n) is 12.2. The van der Waals surface area contributed by atoms with Crippen molar-refractivity contribution in [2.75, 3.05) is 14.2 Å². The lowest BCUT2D eigenvalue weighted by molar-refractivity contribution is -0.127. The summed E-state index contributed by atoms with van der Waals surface area (Å²) in [5, 5.41) is 18.9. The van der Waals surface area contributed by atoms with Crippen LogP contribution in [0.5, 0.6) is 11.5 Å². The summed E-state index contributed by atoms with van der Waals surface area (Å²) in [6.07, 6.45) is 10.0. The summed E-state index contributed by atoms with van der Waals surface area (Å²) in [6.45, 7) is -0.409. The van der Waals surface area contributed by atoms with Gasteiger partial charge in [0.05, 0.1) is 33.4 Å². The second kappa shape index (κ2) is 14.5. The molecule has 3 rings (SSSR count). The Morgan fingerprint density at radius 3 is 1.92 bits per heavy atom. The van der Waals surface area contributed by atoms with Crippen molar-refractivity contribution in [1.29, 1.82) is 0 Å². The van der Waals surface area contributed by atoms with Gasteiger partial charge in [-0.25, -0.2) is 0 Å². The molecule has 0 aliphatic rings. The molecule has 1 unspecified atom stereocenters. The molecule has 2 N–H and O–H groups in total. The van der Waals surface area contributed by atoms with Gasteiger partial charge in [0.15, 0.2) is 23.1 Å². The van der Waals surface area contributed by atoms with Crippen LogP contribution in [0.2, 0.25) is 0 Å². The van der Waals surface area contributed by atoms with Gasteiger partial charge in [-0.15, -0.1) is 0 Å². The molecule has 0 spiro atoms. The monoisotopic (exact) mass is 512 g/mol. The van der Waals surface area contributed by atoms with Gasteiger partial charge in [0.25, 0.3) is 0 Å². The van der Waals surface area contributed by atoms with Crippen LogP contribution in [0.1, 0.15) is 34.2 Å². The number of aliphatic hydroxyl groups excluding tert-OH is 2. The summed E-state index contributed by atoms with van der Waals surface area (Å²) in [4.78, 5) is 26.4. The number of benzene rings is 3. The predicted molar refractivity (Wildman–Crippen MR) is 149 cm³/mol. The van der Waals surface area contributed by atoms with Crippen LogP contribution < -0.4 is 9.47 Å². The normalized spacial score (nSPS) is 12.3. The second-order valence-corrected chi connectivity index (χ2v) is 8.53. The minimum atomic E-state index is -0.906. The Morgan fingerprint density at radius 2 is 1.32 bits per heavy atom. The van der Waals surface area contributed by atoms with Gasteiger partial charge in [-0.2, -0.15) is 0 Å². The lowest BCUT2D eigenvalue weighted by Gasteiger charge is -2.10.